The van der Waals surface area contributed by atoms with Gasteiger partial charge in [0.05, 0.1) is 7.11 Å². The summed E-state index contributed by atoms with van der Waals surface area (Å²) in [7, 11) is 1.50. The second kappa shape index (κ2) is 5.17. The first-order valence-corrected chi connectivity index (χ1v) is 6.54. The number of carbonyl (C=O) groups is 1. The van der Waals surface area contributed by atoms with E-state index in [1.165, 1.54) is 45.6 Å². The molecule has 2 saturated carbocycles. The summed E-state index contributed by atoms with van der Waals surface area (Å²) in [6.07, 6.45) is 7.34. The Labute approximate surface area is 97.9 Å². The van der Waals surface area contributed by atoms with Crippen LogP contribution in [0.1, 0.15) is 45.4 Å². The third-order valence-electron chi connectivity index (χ3n) is 3.90. The third kappa shape index (κ3) is 2.97. The average Bonchev–Trinajstić information content (AvgIpc) is 3.08. The Kier molecular flexibility index (Phi) is 3.85. The minimum Gasteiger partial charge on any atom is -0.468 e. The van der Waals surface area contributed by atoms with Crippen molar-refractivity contribution < 1.29 is 9.53 Å². The Bertz CT molecular complexity index is 250. The van der Waals surface area contributed by atoms with Crippen LogP contribution in [0.25, 0.3) is 0 Å². The highest BCUT2D eigenvalue weighted by atomic mass is 16.5. The fourth-order valence-electron chi connectivity index (χ4n) is 2.81. The van der Waals surface area contributed by atoms with Crippen LogP contribution in [0.4, 0.5) is 0 Å². The molecular weight excluding hydrogens is 202 g/mol. The molecule has 2 aliphatic carbocycles. The molecule has 3 atom stereocenters. The van der Waals surface area contributed by atoms with Crippen LogP contribution in [-0.4, -0.2) is 25.2 Å². The van der Waals surface area contributed by atoms with E-state index in [-0.39, 0.29) is 12.0 Å². The van der Waals surface area contributed by atoms with Crippen molar-refractivity contribution >= 4 is 5.97 Å². The van der Waals surface area contributed by atoms with E-state index < -0.39 is 0 Å². The lowest BCUT2D eigenvalue weighted by atomic mass is 9.78. The van der Waals surface area contributed by atoms with Gasteiger partial charge in [0.15, 0.2) is 0 Å². The summed E-state index contributed by atoms with van der Waals surface area (Å²) >= 11 is 0. The van der Waals surface area contributed by atoms with Crippen molar-refractivity contribution in [3.05, 3.63) is 0 Å². The molecule has 2 rings (SSSR count). The molecule has 3 nitrogen and oxygen atoms in total. The smallest absolute Gasteiger partial charge is 0.323 e. The predicted molar refractivity (Wildman–Crippen MR) is 63.1 cm³/mol. The van der Waals surface area contributed by atoms with Crippen LogP contribution in [0.3, 0.4) is 0 Å². The number of carbonyl (C=O) groups excluding carboxylic acids is 1. The Balaban J connectivity index is 1.95. The highest BCUT2D eigenvalue weighted by molar-refractivity contribution is 5.76. The van der Waals surface area contributed by atoms with Gasteiger partial charge in [0.25, 0.3) is 0 Å². The van der Waals surface area contributed by atoms with Gasteiger partial charge >= 0.3 is 5.97 Å². The summed E-state index contributed by atoms with van der Waals surface area (Å²) in [6.45, 7) is 2.29. The highest BCUT2D eigenvalue weighted by Crippen LogP contribution is 2.32. The molecule has 2 aliphatic rings. The zero-order valence-corrected chi connectivity index (χ0v) is 10.4. The molecule has 0 aromatic rings. The van der Waals surface area contributed by atoms with Gasteiger partial charge in [-0.3, -0.25) is 4.79 Å². The first kappa shape index (κ1) is 11.9. The summed E-state index contributed by atoms with van der Waals surface area (Å²) in [6, 6.07) is 0.515. The van der Waals surface area contributed by atoms with Crippen molar-refractivity contribution in [2.75, 3.05) is 7.11 Å². The van der Waals surface area contributed by atoms with E-state index in [0.717, 1.165) is 5.92 Å². The molecule has 0 aromatic carbocycles. The number of rotatable bonds is 4. The van der Waals surface area contributed by atoms with Gasteiger partial charge in [-0.25, -0.2) is 0 Å². The van der Waals surface area contributed by atoms with Crippen molar-refractivity contribution in [3.8, 4) is 0 Å². The third-order valence-corrected chi connectivity index (χ3v) is 3.90. The second-order valence-electron chi connectivity index (χ2n) is 5.47. The molecule has 0 aromatic heterocycles. The standard InChI is InChI=1S/C13H23NO2/c1-9-4-3-5-10(8-9)12(13(15)16-2)14-11-6-7-11/h9-12,14H,3-8H2,1-2H3. The Morgan fingerprint density at radius 1 is 1.31 bits per heavy atom. The van der Waals surface area contributed by atoms with Gasteiger partial charge in [0, 0.05) is 6.04 Å². The van der Waals surface area contributed by atoms with Crippen molar-refractivity contribution in [2.45, 2.75) is 57.5 Å². The lowest BCUT2D eigenvalue weighted by Crippen LogP contribution is -2.46. The minimum atomic E-state index is -0.0639. The second-order valence-corrected chi connectivity index (χ2v) is 5.47. The van der Waals surface area contributed by atoms with Crippen molar-refractivity contribution in [2.24, 2.45) is 11.8 Å². The minimum absolute atomic E-state index is 0.0553. The lowest BCUT2D eigenvalue weighted by Gasteiger charge is -2.32. The molecule has 0 aliphatic heterocycles. The first-order valence-electron chi connectivity index (χ1n) is 6.54. The molecule has 0 radical (unpaired) electrons. The molecule has 0 amide bonds. The maximum atomic E-state index is 11.8. The maximum Gasteiger partial charge on any atom is 0.323 e. The molecule has 0 bridgehead atoms. The number of ether oxygens (including phenoxy) is 1. The molecule has 0 saturated heterocycles. The topological polar surface area (TPSA) is 38.3 Å². The average molecular weight is 225 g/mol. The quantitative estimate of drug-likeness (QED) is 0.745. The molecule has 3 heteroatoms. The van der Waals surface area contributed by atoms with E-state index in [4.69, 9.17) is 4.74 Å². The Morgan fingerprint density at radius 3 is 2.62 bits per heavy atom. The van der Waals surface area contributed by atoms with E-state index in [0.29, 0.717) is 12.0 Å². The van der Waals surface area contributed by atoms with Crippen molar-refractivity contribution in [1.29, 1.82) is 0 Å². The van der Waals surface area contributed by atoms with Crippen LogP contribution >= 0.6 is 0 Å². The number of hydrogen-bond donors (Lipinski definition) is 1. The summed E-state index contributed by atoms with van der Waals surface area (Å²) in [5.74, 6) is 1.18. The number of esters is 1. The maximum absolute atomic E-state index is 11.8. The molecule has 2 fully saturated rings. The fourth-order valence-corrected chi connectivity index (χ4v) is 2.81. The van der Waals surface area contributed by atoms with Crippen molar-refractivity contribution in [3.63, 3.8) is 0 Å². The van der Waals surface area contributed by atoms with Crippen LogP contribution in [0.15, 0.2) is 0 Å². The molecule has 0 spiro atoms. The van der Waals surface area contributed by atoms with E-state index in [9.17, 15) is 4.79 Å². The molecule has 16 heavy (non-hydrogen) atoms. The molecule has 1 N–H and O–H groups in total. The van der Waals surface area contributed by atoms with Gasteiger partial charge < -0.3 is 10.1 Å². The molecular formula is C13H23NO2. The van der Waals surface area contributed by atoms with E-state index >= 15 is 0 Å². The summed E-state index contributed by atoms with van der Waals surface area (Å²) in [5, 5.41) is 3.46. The van der Waals surface area contributed by atoms with Gasteiger partial charge in [-0.15, -0.1) is 0 Å². The van der Waals surface area contributed by atoms with Crippen LogP contribution in [0, 0.1) is 11.8 Å². The van der Waals surface area contributed by atoms with E-state index in [2.05, 4.69) is 12.2 Å². The molecule has 3 unspecified atom stereocenters. The largest absolute Gasteiger partial charge is 0.468 e. The van der Waals surface area contributed by atoms with E-state index in [1.807, 2.05) is 0 Å². The number of nitrogens with one attached hydrogen (secondary N) is 1. The van der Waals surface area contributed by atoms with Gasteiger partial charge in [-0.05, 0) is 37.5 Å². The van der Waals surface area contributed by atoms with Crippen LogP contribution < -0.4 is 5.32 Å². The Morgan fingerprint density at radius 2 is 2.06 bits per heavy atom. The summed E-state index contributed by atoms with van der Waals surface area (Å²) < 4.78 is 4.93. The van der Waals surface area contributed by atoms with E-state index in [1.54, 1.807) is 0 Å². The van der Waals surface area contributed by atoms with Gasteiger partial charge in [-0.1, -0.05) is 19.8 Å². The molecule has 92 valence electrons. The SMILES string of the molecule is COC(=O)C(NC1CC1)C1CCCC(C)C1. The number of methoxy groups -OCH3 is 1. The predicted octanol–water partition coefficient (Wildman–Crippen LogP) is 2.11. The zero-order chi connectivity index (χ0) is 11.5. The van der Waals surface area contributed by atoms with Gasteiger partial charge in [0.1, 0.15) is 6.04 Å². The van der Waals surface area contributed by atoms with Crippen LogP contribution in [-0.2, 0) is 9.53 Å². The number of hydrogen-bond acceptors (Lipinski definition) is 3. The summed E-state index contributed by atoms with van der Waals surface area (Å²) in [4.78, 5) is 11.8. The normalized spacial score (nSPS) is 32.1. The van der Waals surface area contributed by atoms with Gasteiger partial charge in [0.2, 0.25) is 0 Å². The first-order chi connectivity index (χ1) is 7.70. The monoisotopic (exact) mass is 225 g/mol. The Hall–Kier alpha value is -0.570. The van der Waals surface area contributed by atoms with Crippen LogP contribution in [0.2, 0.25) is 0 Å². The van der Waals surface area contributed by atoms with Crippen LogP contribution in [0.5, 0.6) is 0 Å². The van der Waals surface area contributed by atoms with Crippen molar-refractivity contribution in [1.82, 2.24) is 5.32 Å². The summed E-state index contributed by atoms with van der Waals surface area (Å²) in [5.41, 5.74) is 0. The lowest BCUT2D eigenvalue weighted by molar-refractivity contribution is -0.145. The van der Waals surface area contributed by atoms with Gasteiger partial charge in [-0.2, -0.15) is 0 Å². The zero-order valence-electron chi connectivity index (χ0n) is 10.4. The fraction of sp³-hybridized carbons (Fsp3) is 0.923. The highest BCUT2D eigenvalue weighted by Gasteiger charge is 2.36. The molecule has 0 heterocycles.